The Morgan fingerprint density at radius 1 is 0.964 bits per heavy atom. The molecule has 0 fully saturated rings. The monoisotopic (exact) mass is 375 g/mol. The van der Waals surface area contributed by atoms with E-state index in [-0.39, 0.29) is 5.91 Å². The third-order valence-electron chi connectivity index (χ3n) is 4.51. The van der Waals surface area contributed by atoms with Crippen molar-refractivity contribution in [2.45, 2.75) is 19.8 Å². The summed E-state index contributed by atoms with van der Waals surface area (Å²) in [6, 6.07) is 19.5. The molecule has 28 heavy (non-hydrogen) atoms. The molecule has 0 bridgehead atoms. The summed E-state index contributed by atoms with van der Waals surface area (Å²) in [6.07, 6.45) is 3.49. The normalized spacial score (nSPS) is 10.4. The molecule has 0 aliphatic carbocycles. The van der Waals surface area contributed by atoms with Crippen LogP contribution in [0.15, 0.2) is 66.9 Å². The molecule has 3 rings (SSSR count). The number of pyridine rings is 1. The van der Waals surface area contributed by atoms with Gasteiger partial charge in [-0.05, 0) is 60.4 Å². The van der Waals surface area contributed by atoms with Crippen LogP contribution in [0, 0.1) is 0 Å². The maximum absolute atomic E-state index is 12.5. The zero-order valence-corrected chi connectivity index (χ0v) is 16.2. The maximum Gasteiger partial charge on any atom is 0.274 e. The third-order valence-corrected chi connectivity index (χ3v) is 4.51. The van der Waals surface area contributed by atoms with E-state index in [4.69, 9.17) is 4.74 Å². The minimum atomic E-state index is -0.219. The second-order valence-corrected chi connectivity index (χ2v) is 6.46. The van der Waals surface area contributed by atoms with E-state index in [9.17, 15) is 4.79 Å². The molecule has 0 aliphatic heterocycles. The zero-order valence-electron chi connectivity index (χ0n) is 16.2. The first-order chi connectivity index (χ1) is 13.7. The number of anilines is 2. The summed E-state index contributed by atoms with van der Waals surface area (Å²) in [5, 5.41) is 6.23. The molecule has 0 radical (unpaired) electrons. The van der Waals surface area contributed by atoms with Gasteiger partial charge in [0.15, 0.2) is 0 Å². The Kier molecular flexibility index (Phi) is 6.63. The number of benzene rings is 2. The zero-order chi connectivity index (χ0) is 19.8. The molecule has 0 saturated heterocycles. The number of rotatable bonds is 8. The lowest BCUT2D eigenvalue weighted by atomic mass is 10.1. The van der Waals surface area contributed by atoms with Crippen molar-refractivity contribution in [3.63, 3.8) is 0 Å². The van der Waals surface area contributed by atoms with E-state index in [1.165, 1.54) is 11.1 Å². The number of hydrogen-bond acceptors (Lipinski definition) is 4. The summed E-state index contributed by atoms with van der Waals surface area (Å²) in [5.74, 6) is 0.633. The second kappa shape index (κ2) is 9.55. The number of ether oxygens (including phenoxy) is 1. The van der Waals surface area contributed by atoms with Gasteiger partial charge in [-0.2, -0.15) is 0 Å². The fourth-order valence-electron chi connectivity index (χ4n) is 2.83. The molecule has 0 aliphatic rings. The van der Waals surface area contributed by atoms with Crippen LogP contribution >= 0.6 is 0 Å². The SMILES string of the molecule is CCc1ccc(NC(=O)c2cc(NCCc3ccc(OC)cc3)ccn2)cc1. The predicted molar refractivity (Wildman–Crippen MR) is 113 cm³/mol. The molecule has 0 atom stereocenters. The molecule has 0 saturated carbocycles. The first-order valence-electron chi connectivity index (χ1n) is 9.41. The number of nitrogens with zero attached hydrogens (tertiary/aromatic N) is 1. The molecule has 2 N–H and O–H groups in total. The van der Waals surface area contributed by atoms with Crippen LogP contribution in [-0.2, 0) is 12.8 Å². The Morgan fingerprint density at radius 3 is 2.36 bits per heavy atom. The number of nitrogens with one attached hydrogen (secondary N) is 2. The van der Waals surface area contributed by atoms with E-state index in [2.05, 4.69) is 34.7 Å². The van der Waals surface area contributed by atoms with E-state index in [0.717, 1.165) is 36.5 Å². The summed E-state index contributed by atoms with van der Waals surface area (Å²) in [4.78, 5) is 16.7. The molecule has 5 nitrogen and oxygen atoms in total. The lowest BCUT2D eigenvalue weighted by Crippen LogP contribution is -2.14. The van der Waals surface area contributed by atoms with Crippen LogP contribution in [0.5, 0.6) is 5.75 Å². The lowest BCUT2D eigenvalue weighted by Gasteiger charge is -2.09. The number of amides is 1. The molecule has 5 heteroatoms. The minimum Gasteiger partial charge on any atom is -0.497 e. The molecule has 1 heterocycles. The summed E-state index contributed by atoms with van der Waals surface area (Å²) >= 11 is 0. The minimum absolute atomic E-state index is 0.219. The number of carbonyl (C=O) groups excluding carboxylic acids is 1. The second-order valence-electron chi connectivity index (χ2n) is 6.46. The third kappa shape index (κ3) is 5.33. The number of hydrogen-bond donors (Lipinski definition) is 2. The van der Waals surface area contributed by atoms with Crippen molar-refractivity contribution in [2.24, 2.45) is 0 Å². The van der Waals surface area contributed by atoms with E-state index < -0.39 is 0 Å². The van der Waals surface area contributed by atoms with Crippen LogP contribution in [0.25, 0.3) is 0 Å². The van der Waals surface area contributed by atoms with Crippen LogP contribution < -0.4 is 15.4 Å². The first kappa shape index (κ1) is 19.4. The highest BCUT2D eigenvalue weighted by Gasteiger charge is 2.08. The van der Waals surface area contributed by atoms with Crippen molar-refractivity contribution >= 4 is 17.3 Å². The maximum atomic E-state index is 12.5. The van der Waals surface area contributed by atoms with E-state index in [1.807, 2.05) is 42.5 Å². The highest BCUT2D eigenvalue weighted by atomic mass is 16.5. The van der Waals surface area contributed by atoms with Gasteiger partial charge in [0.25, 0.3) is 5.91 Å². The van der Waals surface area contributed by atoms with Crippen LogP contribution in [0.3, 0.4) is 0 Å². The van der Waals surface area contributed by atoms with Crippen LogP contribution in [-0.4, -0.2) is 24.5 Å². The van der Waals surface area contributed by atoms with Gasteiger partial charge in [-0.3, -0.25) is 9.78 Å². The molecular formula is C23H25N3O2. The van der Waals surface area contributed by atoms with Gasteiger partial charge in [0.2, 0.25) is 0 Å². The molecular weight excluding hydrogens is 350 g/mol. The van der Waals surface area contributed by atoms with Gasteiger partial charge < -0.3 is 15.4 Å². The Hall–Kier alpha value is -3.34. The molecule has 2 aromatic carbocycles. The molecule has 144 valence electrons. The largest absolute Gasteiger partial charge is 0.497 e. The van der Waals surface area contributed by atoms with E-state index in [1.54, 1.807) is 19.4 Å². The molecule has 1 aromatic heterocycles. The average Bonchev–Trinajstić information content (AvgIpc) is 2.75. The van der Waals surface area contributed by atoms with Gasteiger partial charge in [-0.25, -0.2) is 0 Å². The average molecular weight is 375 g/mol. The van der Waals surface area contributed by atoms with Crippen molar-refractivity contribution in [1.29, 1.82) is 0 Å². The number of carbonyl (C=O) groups is 1. The Labute approximate surface area is 165 Å². The fraction of sp³-hybridized carbons (Fsp3) is 0.217. The van der Waals surface area contributed by atoms with Crippen LogP contribution in [0.4, 0.5) is 11.4 Å². The quantitative estimate of drug-likeness (QED) is 0.606. The smallest absolute Gasteiger partial charge is 0.274 e. The lowest BCUT2D eigenvalue weighted by molar-refractivity contribution is 0.102. The van der Waals surface area contributed by atoms with Crippen molar-refractivity contribution in [3.05, 3.63) is 83.7 Å². The topological polar surface area (TPSA) is 63.2 Å². The molecule has 3 aromatic rings. The van der Waals surface area contributed by atoms with Crippen molar-refractivity contribution in [1.82, 2.24) is 4.98 Å². The van der Waals surface area contributed by atoms with E-state index >= 15 is 0 Å². The highest BCUT2D eigenvalue weighted by molar-refractivity contribution is 6.03. The number of methoxy groups -OCH3 is 1. The highest BCUT2D eigenvalue weighted by Crippen LogP contribution is 2.14. The molecule has 0 spiro atoms. The van der Waals surface area contributed by atoms with Crippen molar-refractivity contribution < 1.29 is 9.53 Å². The van der Waals surface area contributed by atoms with Gasteiger partial charge >= 0.3 is 0 Å². The van der Waals surface area contributed by atoms with Gasteiger partial charge in [-0.15, -0.1) is 0 Å². The fourth-order valence-corrected chi connectivity index (χ4v) is 2.83. The van der Waals surface area contributed by atoms with Crippen LogP contribution in [0.1, 0.15) is 28.5 Å². The number of aryl methyl sites for hydroxylation is 1. The Morgan fingerprint density at radius 2 is 1.68 bits per heavy atom. The van der Waals surface area contributed by atoms with Crippen molar-refractivity contribution in [3.8, 4) is 5.75 Å². The summed E-state index contributed by atoms with van der Waals surface area (Å²) in [6.45, 7) is 2.86. The molecule has 1 amide bonds. The summed E-state index contributed by atoms with van der Waals surface area (Å²) in [7, 11) is 1.66. The summed E-state index contributed by atoms with van der Waals surface area (Å²) in [5.41, 5.74) is 4.47. The predicted octanol–water partition coefficient (Wildman–Crippen LogP) is 4.56. The van der Waals surface area contributed by atoms with Gasteiger partial charge in [0.1, 0.15) is 11.4 Å². The van der Waals surface area contributed by atoms with Crippen molar-refractivity contribution in [2.75, 3.05) is 24.3 Å². The van der Waals surface area contributed by atoms with Gasteiger partial charge in [-0.1, -0.05) is 31.2 Å². The van der Waals surface area contributed by atoms with Crippen LogP contribution in [0.2, 0.25) is 0 Å². The summed E-state index contributed by atoms with van der Waals surface area (Å²) < 4.78 is 5.17. The van der Waals surface area contributed by atoms with E-state index in [0.29, 0.717) is 5.69 Å². The molecule has 0 unspecified atom stereocenters. The first-order valence-corrected chi connectivity index (χ1v) is 9.41. The Balaban J connectivity index is 1.55. The number of aromatic nitrogens is 1. The Bertz CT molecular complexity index is 906. The standard InChI is InChI=1S/C23H25N3O2/c1-3-17-4-8-19(9-5-17)26-23(27)22-16-20(13-15-25-22)24-14-12-18-6-10-21(28-2)11-7-18/h4-11,13,15-16H,3,12,14H2,1-2H3,(H,24,25)(H,26,27). The van der Waals surface area contributed by atoms with Gasteiger partial charge in [0, 0.05) is 24.1 Å². The van der Waals surface area contributed by atoms with Gasteiger partial charge in [0.05, 0.1) is 7.11 Å².